The first-order valence-electron chi connectivity index (χ1n) is 2.72. The van der Waals surface area contributed by atoms with E-state index in [1.165, 1.54) is 0 Å². The van der Waals surface area contributed by atoms with Crippen molar-refractivity contribution in [1.82, 2.24) is 0 Å². The number of hydrogen-bond donors (Lipinski definition) is 0. The lowest BCUT2D eigenvalue weighted by molar-refractivity contribution is 0.0751. The van der Waals surface area contributed by atoms with Crippen molar-refractivity contribution in [2.24, 2.45) is 0 Å². The molecule has 0 fully saturated rings. The third-order valence-electron chi connectivity index (χ3n) is 1.08. The minimum Gasteiger partial charge on any atom is -0.343 e. The molecule has 0 atom stereocenters. The van der Waals surface area contributed by atoms with Gasteiger partial charge in [0.25, 0.3) is 0 Å². The van der Waals surface area contributed by atoms with Crippen molar-refractivity contribution in [2.75, 3.05) is 0 Å². The number of carbonyl (C=O) groups is 1. The standard InChI is InChI=1S/C7H5ClO2.ClH/c8-10-7(9)6-4-2-1-3-5-6;/h1-5H;1H. The molecule has 60 valence electrons. The summed E-state index contributed by atoms with van der Waals surface area (Å²) in [5.41, 5.74) is 0.456. The first-order valence-corrected chi connectivity index (χ1v) is 3.03. The topological polar surface area (TPSA) is 26.3 Å². The van der Waals surface area contributed by atoms with Crippen molar-refractivity contribution in [3.05, 3.63) is 35.9 Å². The Morgan fingerprint density at radius 2 is 1.82 bits per heavy atom. The largest absolute Gasteiger partial charge is 0.356 e. The van der Waals surface area contributed by atoms with E-state index in [1.807, 2.05) is 6.07 Å². The van der Waals surface area contributed by atoms with E-state index in [0.717, 1.165) is 0 Å². The zero-order chi connectivity index (χ0) is 7.40. The summed E-state index contributed by atoms with van der Waals surface area (Å²) in [6.07, 6.45) is 0. The molecule has 0 bridgehead atoms. The quantitative estimate of drug-likeness (QED) is 0.684. The maximum absolute atomic E-state index is 10.7. The second-order valence-corrected chi connectivity index (χ2v) is 1.88. The molecule has 0 aliphatic heterocycles. The summed E-state index contributed by atoms with van der Waals surface area (Å²) in [6.45, 7) is 0. The summed E-state index contributed by atoms with van der Waals surface area (Å²) in [5.74, 6) is -0.526. The van der Waals surface area contributed by atoms with Crippen LogP contribution in [0, 0.1) is 0 Å². The molecular formula is C7H6Cl2O2. The Balaban J connectivity index is 0.000001000. The summed E-state index contributed by atoms with van der Waals surface area (Å²) in [5, 5.41) is 0. The SMILES string of the molecule is Cl.O=C(OCl)c1ccccc1. The Kier molecular flexibility index (Phi) is 4.66. The van der Waals surface area contributed by atoms with E-state index in [0.29, 0.717) is 5.56 Å². The van der Waals surface area contributed by atoms with Crippen LogP contribution in [0.3, 0.4) is 0 Å². The lowest BCUT2D eigenvalue weighted by atomic mass is 10.2. The van der Waals surface area contributed by atoms with Crippen LogP contribution in [-0.2, 0) is 4.29 Å². The van der Waals surface area contributed by atoms with Crippen molar-refractivity contribution in [3.63, 3.8) is 0 Å². The van der Waals surface area contributed by atoms with E-state index in [1.54, 1.807) is 24.3 Å². The van der Waals surface area contributed by atoms with Gasteiger partial charge in [-0.05, 0) is 12.1 Å². The molecule has 0 heterocycles. The predicted octanol–water partition coefficient (Wildman–Crippen LogP) is 2.42. The zero-order valence-electron chi connectivity index (χ0n) is 5.49. The first kappa shape index (κ1) is 10.3. The smallest absolute Gasteiger partial charge is 0.343 e. The van der Waals surface area contributed by atoms with Crippen LogP contribution in [-0.4, -0.2) is 5.97 Å². The van der Waals surface area contributed by atoms with Crippen LogP contribution in [0.2, 0.25) is 0 Å². The van der Waals surface area contributed by atoms with E-state index in [4.69, 9.17) is 11.9 Å². The Morgan fingerprint density at radius 3 is 2.27 bits per heavy atom. The summed E-state index contributed by atoms with van der Waals surface area (Å²) in [6, 6.07) is 8.55. The van der Waals surface area contributed by atoms with Crippen LogP contribution >= 0.6 is 24.3 Å². The van der Waals surface area contributed by atoms with Gasteiger partial charge < -0.3 is 4.29 Å². The lowest BCUT2D eigenvalue weighted by Crippen LogP contribution is -1.96. The molecule has 0 amide bonds. The maximum Gasteiger partial charge on any atom is 0.356 e. The zero-order valence-corrected chi connectivity index (χ0v) is 7.06. The van der Waals surface area contributed by atoms with Gasteiger partial charge in [-0.3, -0.25) is 0 Å². The molecule has 0 spiro atoms. The fraction of sp³-hybridized carbons (Fsp3) is 0. The highest BCUT2D eigenvalue weighted by atomic mass is 35.5. The van der Waals surface area contributed by atoms with E-state index in [2.05, 4.69) is 4.29 Å². The van der Waals surface area contributed by atoms with Crippen molar-refractivity contribution in [3.8, 4) is 0 Å². The van der Waals surface area contributed by atoms with Crippen LogP contribution in [0.4, 0.5) is 0 Å². The Bertz CT molecular complexity index is 223. The van der Waals surface area contributed by atoms with Gasteiger partial charge in [0, 0.05) is 0 Å². The molecule has 2 nitrogen and oxygen atoms in total. The molecule has 0 N–H and O–H groups in total. The number of benzene rings is 1. The van der Waals surface area contributed by atoms with E-state index in [-0.39, 0.29) is 12.4 Å². The van der Waals surface area contributed by atoms with Crippen LogP contribution in [0.1, 0.15) is 10.4 Å². The van der Waals surface area contributed by atoms with Crippen LogP contribution in [0.15, 0.2) is 30.3 Å². The summed E-state index contributed by atoms with van der Waals surface area (Å²) in [4.78, 5) is 10.7. The summed E-state index contributed by atoms with van der Waals surface area (Å²) >= 11 is 4.84. The van der Waals surface area contributed by atoms with Crippen molar-refractivity contribution in [2.45, 2.75) is 0 Å². The molecular weight excluding hydrogens is 187 g/mol. The molecule has 0 unspecified atom stereocenters. The molecule has 0 saturated carbocycles. The molecule has 4 heteroatoms. The highest BCUT2D eigenvalue weighted by Crippen LogP contribution is 2.01. The van der Waals surface area contributed by atoms with Crippen molar-refractivity contribution >= 4 is 30.2 Å². The predicted molar refractivity (Wildman–Crippen MR) is 45.0 cm³/mol. The summed E-state index contributed by atoms with van der Waals surface area (Å²) in [7, 11) is 0. The second kappa shape index (κ2) is 4.99. The highest BCUT2D eigenvalue weighted by molar-refractivity contribution is 6.15. The van der Waals surface area contributed by atoms with E-state index in [9.17, 15) is 4.79 Å². The second-order valence-electron chi connectivity index (χ2n) is 1.73. The van der Waals surface area contributed by atoms with E-state index >= 15 is 0 Å². The van der Waals surface area contributed by atoms with Crippen LogP contribution < -0.4 is 0 Å². The highest BCUT2D eigenvalue weighted by Gasteiger charge is 2.02. The van der Waals surface area contributed by atoms with Gasteiger partial charge in [-0.2, -0.15) is 0 Å². The van der Waals surface area contributed by atoms with Gasteiger partial charge in [0.2, 0.25) is 0 Å². The third-order valence-corrected chi connectivity index (χ3v) is 1.22. The number of rotatable bonds is 1. The van der Waals surface area contributed by atoms with Gasteiger partial charge >= 0.3 is 5.97 Å². The lowest BCUT2D eigenvalue weighted by Gasteiger charge is -1.92. The molecule has 0 aliphatic rings. The van der Waals surface area contributed by atoms with Gasteiger partial charge in [0.15, 0.2) is 0 Å². The average molecular weight is 193 g/mol. The summed E-state index contributed by atoms with van der Waals surface area (Å²) < 4.78 is 3.97. The molecule has 1 aromatic carbocycles. The minimum absolute atomic E-state index is 0. The van der Waals surface area contributed by atoms with E-state index < -0.39 is 5.97 Å². The maximum atomic E-state index is 10.7. The van der Waals surface area contributed by atoms with Gasteiger partial charge in [-0.15, -0.1) is 12.4 Å². The van der Waals surface area contributed by atoms with Crippen molar-refractivity contribution in [1.29, 1.82) is 0 Å². The van der Waals surface area contributed by atoms with Crippen LogP contribution in [0.25, 0.3) is 0 Å². The average Bonchev–Trinajstić information content (AvgIpc) is 2.05. The fourth-order valence-corrected chi connectivity index (χ4v) is 0.708. The molecule has 0 radical (unpaired) electrons. The minimum atomic E-state index is -0.526. The van der Waals surface area contributed by atoms with Crippen molar-refractivity contribution < 1.29 is 9.08 Å². The number of halogens is 2. The van der Waals surface area contributed by atoms with Gasteiger partial charge in [0.1, 0.15) is 11.9 Å². The van der Waals surface area contributed by atoms with Gasteiger partial charge in [-0.1, -0.05) is 18.2 Å². The number of carbonyl (C=O) groups excluding carboxylic acids is 1. The molecule has 0 saturated heterocycles. The third kappa shape index (κ3) is 2.78. The molecule has 1 aromatic rings. The Labute approximate surface area is 75.7 Å². The molecule has 0 aliphatic carbocycles. The molecule has 0 aromatic heterocycles. The number of hydrogen-bond acceptors (Lipinski definition) is 2. The van der Waals surface area contributed by atoms with Crippen LogP contribution in [0.5, 0.6) is 0 Å². The fourth-order valence-electron chi connectivity index (χ4n) is 0.619. The normalized spacial score (nSPS) is 8.09. The first-order chi connectivity index (χ1) is 4.84. The Morgan fingerprint density at radius 1 is 1.27 bits per heavy atom. The molecule has 1 rings (SSSR count). The monoisotopic (exact) mass is 192 g/mol. The molecule has 11 heavy (non-hydrogen) atoms. The van der Waals surface area contributed by atoms with Gasteiger partial charge in [0.05, 0.1) is 5.56 Å². The Hall–Kier alpha value is -0.730. The van der Waals surface area contributed by atoms with Gasteiger partial charge in [-0.25, -0.2) is 4.79 Å².